The first kappa shape index (κ1) is 13.2. The van der Waals surface area contributed by atoms with Crippen LogP contribution in [0.15, 0.2) is 30.3 Å². The summed E-state index contributed by atoms with van der Waals surface area (Å²) in [5.41, 5.74) is 1.02. The maximum absolute atomic E-state index is 10.4. The smallest absolute Gasteiger partial charge is 0.0555 e. The second kappa shape index (κ2) is 6.65. The molecule has 0 fully saturated rings. The number of hydrogen-bond acceptors (Lipinski definition) is 5. The molecule has 5 nitrogen and oxygen atoms in total. The summed E-state index contributed by atoms with van der Waals surface area (Å²) in [6, 6.07) is 9.42. The third kappa shape index (κ3) is 5.67. The van der Waals surface area contributed by atoms with Crippen LogP contribution in [0.4, 0.5) is 0 Å². The van der Waals surface area contributed by atoms with Gasteiger partial charge in [0.1, 0.15) is 0 Å². The number of benzene rings is 1. The summed E-state index contributed by atoms with van der Waals surface area (Å²) < 4.78 is 0. The Morgan fingerprint density at radius 3 is 2.00 bits per heavy atom. The van der Waals surface area contributed by atoms with E-state index in [9.17, 15) is 19.8 Å². The number of aliphatic carboxylic acids is 2. The van der Waals surface area contributed by atoms with E-state index in [1.807, 2.05) is 30.3 Å². The number of carboxylic acids is 2. The van der Waals surface area contributed by atoms with Crippen LogP contribution in [0.1, 0.15) is 5.56 Å². The van der Waals surface area contributed by atoms with Crippen molar-refractivity contribution in [3.05, 3.63) is 35.9 Å². The largest absolute Gasteiger partial charge is 0.549 e. The van der Waals surface area contributed by atoms with Crippen LogP contribution in [0.25, 0.3) is 0 Å². The molecule has 1 aromatic carbocycles. The number of hydrogen-bond donors (Lipinski definition) is 0. The molecule has 1 aromatic rings. The highest BCUT2D eigenvalue weighted by atomic mass is 16.4. The van der Waals surface area contributed by atoms with Crippen molar-refractivity contribution in [3.63, 3.8) is 0 Å². The zero-order valence-electron chi connectivity index (χ0n) is 9.30. The van der Waals surface area contributed by atoms with Gasteiger partial charge in [0.25, 0.3) is 0 Å². The van der Waals surface area contributed by atoms with Gasteiger partial charge in [0.2, 0.25) is 0 Å². The predicted octanol–water partition coefficient (Wildman–Crippen LogP) is -1.97. The minimum absolute atomic E-state index is 0.339. The first-order chi connectivity index (χ1) is 8.08. The highest BCUT2D eigenvalue weighted by molar-refractivity contribution is 5.70. The Bertz CT molecular complexity index is 361. The fourth-order valence-electron chi connectivity index (χ4n) is 1.51. The first-order valence-electron chi connectivity index (χ1n) is 5.24. The van der Waals surface area contributed by atoms with E-state index in [0.29, 0.717) is 13.0 Å². The van der Waals surface area contributed by atoms with E-state index in [-0.39, 0.29) is 0 Å². The van der Waals surface area contributed by atoms with E-state index in [4.69, 9.17) is 0 Å². The second-order valence-corrected chi connectivity index (χ2v) is 3.69. The molecule has 0 saturated heterocycles. The third-order valence-corrected chi connectivity index (χ3v) is 2.26. The maximum atomic E-state index is 10.4. The molecule has 17 heavy (non-hydrogen) atoms. The van der Waals surface area contributed by atoms with Gasteiger partial charge in [0, 0.05) is 19.6 Å². The lowest BCUT2D eigenvalue weighted by Crippen LogP contribution is -2.44. The first-order valence-corrected chi connectivity index (χ1v) is 5.24. The van der Waals surface area contributed by atoms with Crippen molar-refractivity contribution in [2.45, 2.75) is 6.42 Å². The average molecular weight is 235 g/mol. The highest BCUT2D eigenvalue weighted by Crippen LogP contribution is 2.01. The molecule has 0 aromatic heterocycles. The van der Waals surface area contributed by atoms with Crippen LogP contribution in [0, 0.1) is 0 Å². The molecule has 0 aliphatic heterocycles. The zero-order chi connectivity index (χ0) is 12.7. The summed E-state index contributed by atoms with van der Waals surface area (Å²) in [7, 11) is 0. The van der Waals surface area contributed by atoms with Crippen LogP contribution >= 0.6 is 0 Å². The van der Waals surface area contributed by atoms with Gasteiger partial charge >= 0.3 is 0 Å². The molecule has 0 atom stereocenters. The Kier molecular flexibility index (Phi) is 5.16. The number of carbonyl (C=O) groups excluding carboxylic acids is 2. The third-order valence-electron chi connectivity index (χ3n) is 2.26. The van der Waals surface area contributed by atoms with Crippen molar-refractivity contribution in [2.75, 3.05) is 19.6 Å². The van der Waals surface area contributed by atoms with Gasteiger partial charge < -0.3 is 19.8 Å². The summed E-state index contributed by atoms with van der Waals surface area (Å²) in [6.45, 7) is -0.465. The molecule has 0 N–H and O–H groups in total. The minimum Gasteiger partial charge on any atom is -0.549 e. The van der Waals surface area contributed by atoms with Crippen molar-refractivity contribution in [1.82, 2.24) is 4.90 Å². The van der Waals surface area contributed by atoms with E-state index < -0.39 is 25.0 Å². The number of carbonyl (C=O) groups is 2. The lowest BCUT2D eigenvalue weighted by molar-refractivity contribution is -0.310. The van der Waals surface area contributed by atoms with E-state index >= 15 is 0 Å². The predicted molar refractivity (Wildman–Crippen MR) is 56.6 cm³/mol. The van der Waals surface area contributed by atoms with Crippen LogP contribution in [-0.2, 0) is 16.0 Å². The summed E-state index contributed by atoms with van der Waals surface area (Å²) in [6.07, 6.45) is 0.585. The topological polar surface area (TPSA) is 83.5 Å². The normalized spacial score (nSPS) is 10.4. The Hall–Kier alpha value is -1.88. The van der Waals surface area contributed by atoms with Crippen LogP contribution in [0.2, 0.25) is 0 Å². The van der Waals surface area contributed by atoms with Crippen LogP contribution in [0.3, 0.4) is 0 Å². The van der Waals surface area contributed by atoms with E-state index in [2.05, 4.69) is 0 Å². The SMILES string of the molecule is O=C([O-])CN(CCc1ccccc1)CC(=O)[O-]. The average Bonchev–Trinajstić information content (AvgIpc) is 2.26. The minimum atomic E-state index is -1.29. The molecular weight excluding hydrogens is 222 g/mol. The molecule has 0 unspecified atom stereocenters. The Morgan fingerprint density at radius 1 is 1.00 bits per heavy atom. The van der Waals surface area contributed by atoms with Gasteiger partial charge in [-0.3, -0.25) is 4.90 Å². The quantitative estimate of drug-likeness (QED) is 0.547. The van der Waals surface area contributed by atoms with Crippen molar-refractivity contribution < 1.29 is 19.8 Å². The van der Waals surface area contributed by atoms with Crippen LogP contribution < -0.4 is 10.2 Å². The molecule has 0 radical (unpaired) electrons. The number of rotatable bonds is 7. The molecule has 0 bridgehead atoms. The molecule has 0 amide bonds. The van der Waals surface area contributed by atoms with E-state index in [1.54, 1.807) is 0 Å². The molecule has 5 heteroatoms. The van der Waals surface area contributed by atoms with Gasteiger partial charge in [-0.2, -0.15) is 0 Å². The molecule has 0 spiro atoms. The monoisotopic (exact) mass is 235 g/mol. The summed E-state index contributed by atoms with van der Waals surface area (Å²) >= 11 is 0. The van der Waals surface area contributed by atoms with E-state index in [1.165, 1.54) is 4.90 Å². The van der Waals surface area contributed by atoms with Gasteiger partial charge in [-0.25, -0.2) is 0 Å². The van der Waals surface area contributed by atoms with Gasteiger partial charge in [0.05, 0.1) is 11.9 Å². The summed E-state index contributed by atoms with van der Waals surface area (Å²) in [5.74, 6) is -2.58. The van der Waals surface area contributed by atoms with Crippen LogP contribution in [-0.4, -0.2) is 36.5 Å². The van der Waals surface area contributed by atoms with Gasteiger partial charge in [-0.05, 0) is 12.0 Å². The zero-order valence-corrected chi connectivity index (χ0v) is 9.30. The Balaban J connectivity index is 2.48. The van der Waals surface area contributed by atoms with Gasteiger partial charge in [-0.1, -0.05) is 30.3 Å². The van der Waals surface area contributed by atoms with Crippen LogP contribution in [0.5, 0.6) is 0 Å². The molecular formula is C12H13NO4-2. The number of nitrogens with zero attached hydrogens (tertiary/aromatic N) is 1. The Morgan fingerprint density at radius 2 is 1.53 bits per heavy atom. The summed E-state index contributed by atoms with van der Waals surface area (Å²) in [5, 5.41) is 20.9. The summed E-state index contributed by atoms with van der Waals surface area (Å²) in [4.78, 5) is 22.1. The van der Waals surface area contributed by atoms with Crippen molar-refractivity contribution in [1.29, 1.82) is 0 Å². The van der Waals surface area contributed by atoms with E-state index in [0.717, 1.165) is 5.56 Å². The molecule has 0 aliphatic carbocycles. The molecule has 1 rings (SSSR count). The second-order valence-electron chi connectivity index (χ2n) is 3.69. The maximum Gasteiger partial charge on any atom is 0.0555 e. The fourth-order valence-corrected chi connectivity index (χ4v) is 1.51. The fraction of sp³-hybridized carbons (Fsp3) is 0.333. The van der Waals surface area contributed by atoms with Gasteiger partial charge in [-0.15, -0.1) is 0 Å². The number of carboxylic acid groups (broad SMARTS) is 2. The standard InChI is InChI=1S/C12H15NO4/c14-11(15)8-13(9-12(16)17)7-6-10-4-2-1-3-5-10/h1-5H,6-9H2,(H,14,15)(H,16,17)/p-2. The molecule has 0 saturated carbocycles. The molecule has 0 heterocycles. The lowest BCUT2D eigenvalue weighted by Gasteiger charge is -2.23. The van der Waals surface area contributed by atoms with Crippen molar-refractivity contribution in [3.8, 4) is 0 Å². The van der Waals surface area contributed by atoms with Crippen molar-refractivity contribution in [2.24, 2.45) is 0 Å². The molecule has 0 aliphatic rings. The van der Waals surface area contributed by atoms with Gasteiger partial charge in [0.15, 0.2) is 0 Å². The lowest BCUT2D eigenvalue weighted by atomic mass is 10.1. The molecule has 92 valence electrons. The van der Waals surface area contributed by atoms with Crippen molar-refractivity contribution >= 4 is 11.9 Å². The Labute approximate surface area is 99.3 Å². The highest BCUT2D eigenvalue weighted by Gasteiger charge is 2.05.